The molecule has 1 aliphatic carbocycles. The Hall–Kier alpha value is -3.61. The maximum absolute atomic E-state index is 13.0. The molecule has 1 unspecified atom stereocenters. The molecule has 5 rings (SSSR count). The van der Waals surface area contributed by atoms with Crippen LogP contribution in [0.3, 0.4) is 0 Å². The van der Waals surface area contributed by atoms with Crippen molar-refractivity contribution in [2.45, 2.75) is 51.0 Å². The van der Waals surface area contributed by atoms with E-state index >= 15 is 0 Å². The first-order valence-electron chi connectivity index (χ1n) is 11.0. The second-order valence-corrected chi connectivity index (χ2v) is 8.86. The normalized spacial score (nSPS) is 21.2. The minimum absolute atomic E-state index is 0.0453. The lowest BCUT2D eigenvalue weighted by atomic mass is 9.96. The van der Waals surface area contributed by atoms with Gasteiger partial charge in [-0.3, -0.25) is 14.5 Å². The molecule has 1 saturated carbocycles. The average molecular weight is 435 g/mol. The zero-order chi connectivity index (χ0) is 22.6. The Morgan fingerprint density at radius 2 is 1.75 bits per heavy atom. The van der Waals surface area contributed by atoms with Gasteiger partial charge in [-0.15, -0.1) is 0 Å². The van der Waals surface area contributed by atoms with Gasteiger partial charge in [-0.25, -0.2) is 9.97 Å². The Labute approximate surface area is 184 Å². The molecule has 166 valence electrons. The molecule has 1 atom stereocenters. The number of aliphatic carboxylic acids is 1. The highest BCUT2D eigenvalue weighted by Gasteiger charge is 2.39. The number of aromatic nitrogens is 2. The average Bonchev–Trinajstić information content (AvgIpc) is 3.40. The molecular weight excluding hydrogens is 410 g/mol. The molecule has 5 N–H and O–H groups in total. The number of rotatable bonds is 3. The molecule has 10 heteroatoms. The van der Waals surface area contributed by atoms with Crippen molar-refractivity contribution in [3.63, 3.8) is 0 Å². The molecule has 1 saturated heterocycles. The summed E-state index contributed by atoms with van der Waals surface area (Å²) in [7, 11) is 0. The Morgan fingerprint density at radius 3 is 2.41 bits per heavy atom. The van der Waals surface area contributed by atoms with Crippen LogP contribution in [0.15, 0.2) is 0 Å². The number of anilines is 4. The van der Waals surface area contributed by atoms with E-state index < -0.39 is 11.9 Å². The molecule has 0 radical (unpaired) electrons. The van der Waals surface area contributed by atoms with Crippen LogP contribution >= 0.6 is 0 Å². The van der Waals surface area contributed by atoms with E-state index in [0.717, 1.165) is 25.7 Å². The van der Waals surface area contributed by atoms with Gasteiger partial charge in [-0.1, -0.05) is 12.8 Å². The summed E-state index contributed by atoms with van der Waals surface area (Å²) in [5.74, 6) is -0.311. The molecular formula is C22H25N7O3. The van der Waals surface area contributed by atoms with E-state index in [1.165, 1.54) is 0 Å². The number of nitrogens with zero attached hydrogens (tertiary/aromatic N) is 5. The largest absolute Gasteiger partial charge is 0.481 e. The van der Waals surface area contributed by atoms with Gasteiger partial charge in [-0.2, -0.15) is 5.26 Å². The second-order valence-electron chi connectivity index (χ2n) is 8.86. The monoisotopic (exact) mass is 435 g/mol. The number of hydrogen-bond donors (Lipinski definition) is 3. The van der Waals surface area contributed by atoms with E-state index in [0.29, 0.717) is 47.4 Å². The molecule has 4 heterocycles. The lowest BCUT2D eigenvalue weighted by Crippen LogP contribution is -2.39. The van der Waals surface area contributed by atoms with Gasteiger partial charge in [0.1, 0.15) is 34.9 Å². The van der Waals surface area contributed by atoms with Crippen LogP contribution in [0.1, 0.15) is 49.7 Å². The van der Waals surface area contributed by atoms with Crippen molar-refractivity contribution in [3.05, 3.63) is 11.1 Å². The lowest BCUT2D eigenvalue weighted by Gasteiger charge is -2.32. The highest BCUT2D eigenvalue weighted by atomic mass is 16.4. The highest BCUT2D eigenvalue weighted by Crippen LogP contribution is 2.44. The van der Waals surface area contributed by atoms with E-state index in [4.69, 9.17) is 11.5 Å². The van der Waals surface area contributed by atoms with Crippen molar-refractivity contribution in [3.8, 4) is 6.07 Å². The quantitative estimate of drug-likeness (QED) is 0.652. The first-order valence-corrected chi connectivity index (χ1v) is 11.0. The molecule has 2 aromatic heterocycles. The Balaban J connectivity index is 1.71. The van der Waals surface area contributed by atoms with Gasteiger partial charge >= 0.3 is 5.97 Å². The van der Waals surface area contributed by atoms with Gasteiger partial charge < -0.3 is 21.5 Å². The Kier molecular flexibility index (Phi) is 4.77. The summed E-state index contributed by atoms with van der Waals surface area (Å²) in [6.07, 6.45) is 5.35. The standard InChI is InChI=1S/C22H25N7O3/c23-9-14-16-13-8-15(30)29(12-5-1-2-6-12)21(13)27-19(25)17(16)18(24)26-20(14)28-7-3-4-11(10-28)22(31)32/h11-12H,1-8,10H2,(H2,24,26)(H2,25,27)(H,31,32). The van der Waals surface area contributed by atoms with Gasteiger partial charge in [0.2, 0.25) is 5.91 Å². The van der Waals surface area contributed by atoms with Crippen molar-refractivity contribution in [1.29, 1.82) is 5.26 Å². The number of fused-ring (bicyclic) bond motifs is 3. The lowest BCUT2D eigenvalue weighted by molar-refractivity contribution is -0.142. The number of nitriles is 1. The molecule has 10 nitrogen and oxygen atoms in total. The van der Waals surface area contributed by atoms with Crippen LogP contribution in [0.4, 0.5) is 23.3 Å². The van der Waals surface area contributed by atoms with Crippen LogP contribution in [-0.4, -0.2) is 46.1 Å². The van der Waals surface area contributed by atoms with Gasteiger partial charge in [0.15, 0.2) is 0 Å². The fraction of sp³-hybridized carbons (Fsp3) is 0.500. The summed E-state index contributed by atoms with van der Waals surface area (Å²) >= 11 is 0. The number of hydrogen-bond acceptors (Lipinski definition) is 8. The number of carboxylic acid groups (broad SMARTS) is 1. The number of piperidine rings is 1. The van der Waals surface area contributed by atoms with Gasteiger partial charge in [0, 0.05) is 30.1 Å². The first kappa shape index (κ1) is 20.3. The topological polar surface area (TPSA) is 162 Å². The van der Waals surface area contributed by atoms with Gasteiger partial charge in [0.05, 0.1) is 17.7 Å². The van der Waals surface area contributed by atoms with Crippen molar-refractivity contribution in [1.82, 2.24) is 9.97 Å². The summed E-state index contributed by atoms with van der Waals surface area (Å²) in [4.78, 5) is 37.1. The SMILES string of the molecule is N#Cc1c(N2CCCC(C(=O)O)C2)nc(N)c2c(N)nc3c(c12)CC(=O)N3C1CCCC1. The minimum Gasteiger partial charge on any atom is -0.481 e. The molecule has 2 aromatic rings. The molecule has 0 bridgehead atoms. The molecule has 0 spiro atoms. The number of nitrogens with two attached hydrogens (primary N) is 2. The van der Waals surface area contributed by atoms with Gasteiger partial charge in [-0.05, 0) is 25.7 Å². The number of carbonyl (C=O) groups is 2. The van der Waals surface area contributed by atoms with Gasteiger partial charge in [0.25, 0.3) is 0 Å². The Morgan fingerprint density at radius 1 is 1.06 bits per heavy atom. The summed E-state index contributed by atoms with van der Waals surface area (Å²) in [5, 5.41) is 20.5. The smallest absolute Gasteiger partial charge is 0.308 e. The van der Waals surface area contributed by atoms with Crippen LogP contribution in [0.2, 0.25) is 0 Å². The van der Waals surface area contributed by atoms with Crippen LogP contribution in [-0.2, 0) is 16.0 Å². The zero-order valence-corrected chi connectivity index (χ0v) is 17.7. The number of pyridine rings is 2. The molecule has 2 fully saturated rings. The predicted molar refractivity (Wildman–Crippen MR) is 119 cm³/mol. The molecule has 2 aliphatic heterocycles. The molecule has 0 aromatic carbocycles. The number of amides is 1. The summed E-state index contributed by atoms with van der Waals surface area (Å²) in [6.45, 7) is 0.824. The maximum Gasteiger partial charge on any atom is 0.308 e. The second kappa shape index (κ2) is 7.51. The maximum atomic E-state index is 13.0. The molecule has 32 heavy (non-hydrogen) atoms. The van der Waals surface area contributed by atoms with Crippen LogP contribution in [0.5, 0.6) is 0 Å². The van der Waals surface area contributed by atoms with Crippen molar-refractivity contribution in [2.24, 2.45) is 5.92 Å². The summed E-state index contributed by atoms with van der Waals surface area (Å²) < 4.78 is 0. The highest BCUT2D eigenvalue weighted by molar-refractivity contribution is 6.13. The van der Waals surface area contributed by atoms with Crippen LogP contribution < -0.4 is 21.3 Å². The van der Waals surface area contributed by atoms with E-state index in [1.807, 2.05) is 4.90 Å². The fourth-order valence-electron chi connectivity index (χ4n) is 5.47. The predicted octanol–water partition coefficient (Wildman–Crippen LogP) is 1.80. The van der Waals surface area contributed by atoms with Crippen LogP contribution in [0, 0.1) is 17.2 Å². The van der Waals surface area contributed by atoms with E-state index in [-0.39, 0.29) is 42.1 Å². The first-order chi connectivity index (χ1) is 15.4. The van der Waals surface area contributed by atoms with E-state index in [9.17, 15) is 20.0 Å². The number of nitrogen functional groups attached to an aromatic ring is 2. The third kappa shape index (κ3) is 2.99. The van der Waals surface area contributed by atoms with Crippen molar-refractivity contribution in [2.75, 3.05) is 34.4 Å². The fourth-order valence-corrected chi connectivity index (χ4v) is 5.47. The third-order valence-electron chi connectivity index (χ3n) is 6.96. The molecule has 3 aliphatic rings. The summed E-state index contributed by atoms with van der Waals surface area (Å²) in [5.41, 5.74) is 13.5. The summed E-state index contributed by atoms with van der Waals surface area (Å²) in [6, 6.07) is 2.34. The minimum atomic E-state index is -0.867. The van der Waals surface area contributed by atoms with Crippen molar-refractivity contribution >= 4 is 45.9 Å². The van der Waals surface area contributed by atoms with Crippen molar-refractivity contribution < 1.29 is 14.7 Å². The number of carboxylic acids is 1. The van der Waals surface area contributed by atoms with E-state index in [1.54, 1.807) is 4.90 Å². The Bertz CT molecular complexity index is 1180. The zero-order valence-electron chi connectivity index (χ0n) is 17.7. The molecule has 1 amide bonds. The van der Waals surface area contributed by atoms with Crippen LogP contribution in [0.25, 0.3) is 10.8 Å². The van der Waals surface area contributed by atoms with E-state index in [2.05, 4.69) is 16.0 Å². The number of carbonyl (C=O) groups excluding carboxylic acids is 1. The third-order valence-corrected chi connectivity index (χ3v) is 6.96.